The fourth-order valence-corrected chi connectivity index (χ4v) is 2.76. The van der Waals surface area contributed by atoms with Gasteiger partial charge in [-0.2, -0.15) is 0 Å². The van der Waals surface area contributed by atoms with Gasteiger partial charge in [0.1, 0.15) is 0 Å². The first-order valence-electron chi connectivity index (χ1n) is 6.69. The zero-order valence-electron chi connectivity index (χ0n) is 10.9. The summed E-state index contributed by atoms with van der Waals surface area (Å²) in [5, 5.41) is 12.5. The lowest BCUT2D eigenvalue weighted by molar-refractivity contribution is -0.136. The van der Waals surface area contributed by atoms with Crippen LogP contribution in [-0.4, -0.2) is 17.1 Å². The van der Waals surface area contributed by atoms with Gasteiger partial charge in [-0.15, -0.1) is 0 Å². The molecule has 2 N–H and O–H groups in total. The molecule has 1 saturated carbocycles. The Labute approximate surface area is 108 Å². The minimum absolute atomic E-state index is 0.109. The minimum Gasteiger partial charge on any atom is -0.481 e. The van der Waals surface area contributed by atoms with Crippen LogP contribution in [-0.2, 0) is 17.8 Å². The zero-order valence-corrected chi connectivity index (χ0v) is 10.9. The van der Waals surface area contributed by atoms with Crippen molar-refractivity contribution in [3.63, 3.8) is 0 Å². The lowest BCUT2D eigenvalue weighted by atomic mass is 10.0. The molecule has 2 rings (SSSR count). The SMILES string of the molecule is CC1CCCC1NCc1ccccc1CC(=O)O. The lowest BCUT2D eigenvalue weighted by Gasteiger charge is -2.18. The van der Waals surface area contributed by atoms with Crippen LogP contribution in [0.1, 0.15) is 37.3 Å². The fourth-order valence-electron chi connectivity index (χ4n) is 2.76. The highest BCUT2D eigenvalue weighted by Gasteiger charge is 2.22. The lowest BCUT2D eigenvalue weighted by Crippen LogP contribution is -2.30. The summed E-state index contributed by atoms with van der Waals surface area (Å²) in [4.78, 5) is 10.8. The van der Waals surface area contributed by atoms with Crippen molar-refractivity contribution in [1.82, 2.24) is 5.32 Å². The maximum absolute atomic E-state index is 10.8. The summed E-state index contributed by atoms with van der Waals surface area (Å²) in [6.45, 7) is 3.06. The summed E-state index contributed by atoms with van der Waals surface area (Å²) in [5.74, 6) is -0.0340. The number of aliphatic carboxylic acids is 1. The Kier molecular flexibility index (Phi) is 4.37. The first kappa shape index (κ1) is 13.1. The number of hydrogen-bond donors (Lipinski definition) is 2. The molecule has 1 aliphatic rings. The van der Waals surface area contributed by atoms with E-state index in [0.717, 1.165) is 23.6 Å². The van der Waals surface area contributed by atoms with Gasteiger partial charge in [-0.05, 0) is 29.9 Å². The van der Waals surface area contributed by atoms with Gasteiger partial charge >= 0.3 is 5.97 Å². The predicted octanol–water partition coefficient (Wildman–Crippen LogP) is 2.59. The van der Waals surface area contributed by atoms with Gasteiger partial charge in [-0.25, -0.2) is 0 Å². The van der Waals surface area contributed by atoms with Crippen LogP contribution in [0.25, 0.3) is 0 Å². The number of carboxylic acid groups (broad SMARTS) is 1. The monoisotopic (exact) mass is 247 g/mol. The molecule has 1 aromatic rings. The Morgan fingerprint density at radius 1 is 1.33 bits per heavy atom. The molecule has 2 atom stereocenters. The molecule has 98 valence electrons. The third kappa shape index (κ3) is 3.33. The molecule has 3 nitrogen and oxygen atoms in total. The van der Waals surface area contributed by atoms with Crippen LogP contribution in [0.4, 0.5) is 0 Å². The van der Waals surface area contributed by atoms with E-state index < -0.39 is 5.97 Å². The molecule has 0 saturated heterocycles. The molecule has 18 heavy (non-hydrogen) atoms. The van der Waals surface area contributed by atoms with E-state index in [1.165, 1.54) is 19.3 Å². The first-order chi connectivity index (χ1) is 8.66. The summed E-state index contributed by atoms with van der Waals surface area (Å²) < 4.78 is 0. The van der Waals surface area contributed by atoms with Gasteiger partial charge in [0.15, 0.2) is 0 Å². The van der Waals surface area contributed by atoms with Crippen molar-refractivity contribution in [2.24, 2.45) is 5.92 Å². The van der Waals surface area contributed by atoms with Crippen LogP contribution in [0.15, 0.2) is 24.3 Å². The van der Waals surface area contributed by atoms with Crippen molar-refractivity contribution in [2.45, 2.75) is 45.2 Å². The summed E-state index contributed by atoms with van der Waals surface area (Å²) in [6.07, 6.45) is 3.95. The van der Waals surface area contributed by atoms with E-state index in [2.05, 4.69) is 12.2 Å². The third-order valence-electron chi connectivity index (χ3n) is 3.88. The van der Waals surface area contributed by atoms with Gasteiger partial charge < -0.3 is 10.4 Å². The summed E-state index contributed by atoms with van der Waals surface area (Å²) in [6, 6.07) is 8.39. The molecule has 1 aliphatic carbocycles. The van der Waals surface area contributed by atoms with Crippen LogP contribution in [0, 0.1) is 5.92 Å². The molecular formula is C15H21NO2. The van der Waals surface area contributed by atoms with E-state index in [9.17, 15) is 4.79 Å². The maximum atomic E-state index is 10.8. The Balaban J connectivity index is 1.97. The van der Waals surface area contributed by atoms with Crippen LogP contribution in [0.3, 0.4) is 0 Å². The Morgan fingerprint density at radius 2 is 2.06 bits per heavy atom. The largest absolute Gasteiger partial charge is 0.481 e. The van der Waals surface area contributed by atoms with E-state index in [4.69, 9.17) is 5.11 Å². The molecule has 1 aromatic carbocycles. The number of nitrogens with one attached hydrogen (secondary N) is 1. The Morgan fingerprint density at radius 3 is 2.67 bits per heavy atom. The molecule has 0 bridgehead atoms. The van der Waals surface area contributed by atoms with Crippen molar-refractivity contribution in [3.8, 4) is 0 Å². The topological polar surface area (TPSA) is 49.3 Å². The van der Waals surface area contributed by atoms with E-state index in [-0.39, 0.29) is 6.42 Å². The molecule has 0 amide bonds. The highest BCUT2D eigenvalue weighted by atomic mass is 16.4. The number of benzene rings is 1. The van der Waals surface area contributed by atoms with Crippen LogP contribution in [0.2, 0.25) is 0 Å². The minimum atomic E-state index is -0.767. The van der Waals surface area contributed by atoms with E-state index in [1.54, 1.807) is 0 Å². The number of rotatable bonds is 5. The molecule has 0 aromatic heterocycles. The van der Waals surface area contributed by atoms with E-state index in [0.29, 0.717) is 6.04 Å². The van der Waals surface area contributed by atoms with Crippen molar-refractivity contribution < 1.29 is 9.90 Å². The molecule has 2 unspecified atom stereocenters. The number of hydrogen-bond acceptors (Lipinski definition) is 2. The van der Waals surface area contributed by atoms with Gasteiger partial charge in [-0.3, -0.25) is 4.79 Å². The quantitative estimate of drug-likeness (QED) is 0.840. The van der Waals surface area contributed by atoms with E-state index in [1.807, 2.05) is 24.3 Å². The molecule has 0 spiro atoms. The highest BCUT2D eigenvalue weighted by molar-refractivity contribution is 5.70. The Hall–Kier alpha value is -1.35. The highest BCUT2D eigenvalue weighted by Crippen LogP contribution is 2.25. The normalized spacial score (nSPS) is 23.2. The fraction of sp³-hybridized carbons (Fsp3) is 0.533. The van der Waals surface area contributed by atoms with Crippen molar-refractivity contribution in [1.29, 1.82) is 0 Å². The predicted molar refractivity (Wildman–Crippen MR) is 71.4 cm³/mol. The molecule has 0 aliphatic heterocycles. The van der Waals surface area contributed by atoms with Crippen molar-refractivity contribution in [2.75, 3.05) is 0 Å². The van der Waals surface area contributed by atoms with Crippen molar-refractivity contribution >= 4 is 5.97 Å². The van der Waals surface area contributed by atoms with Gasteiger partial charge in [0.25, 0.3) is 0 Å². The second-order valence-electron chi connectivity index (χ2n) is 5.23. The molecule has 0 radical (unpaired) electrons. The summed E-state index contributed by atoms with van der Waals surface area (Å²) in [7, 11) is 0. The molecule has 1 fully saturated rings. The average molecular weight is 247 g/mol. The summed E-state index contributed by atoms with van der Waals surface area (Å²) in [5.41, 5.74) is 2.03. The first-order valence-corrected chi connectivity index (χ1v) is 6.69. The number of carbonyl (C=O) groups is 1. The molecular weight excluding hydrogens is 226 g/mol. The average Bonchev–Trinajstić information content (AvgIpc) is 2.73. The van der Waals surface area contributed by atoms with E-state index >= 15 is 0 Å². The second-order valence-corrected chi connectivity index (χ2v) is 5.23. The van der Waals surface area contributed by atoms with Gasteiger partial charge in [0.2, 0.25) is 0 Å². The van der Waals surface area contributed by atoms with Crippen LogP contribution in [0.5, 0.6) is 0 Å². The zero-order chi connectivity index (χ0) is 13.0. The van der Waals surface area contributed by atoms with Gasteiger partial charge in [0, 0.05) is 12.6 Å². The number of carboxylic acids is 1. The van der Waals surface area contributed by atoms with Crippen LogP contribution >= 0.6 is 0 Å². The molecule has 3 heteroatoms. The standard InChI is InChI=1S/C15H21NO2/c1-11-5-4-8-14(11)16-10-13-7-3-2-6-12(13)9-15(17)18/h2-3,6-7,11,14,16H,4-5,8-10H2,1H3,(H,17,18). The third-order valence-corrected chi connectivity index (χ3v) is 3.88. The van der Waals surface area contributed by atoms with Crippen molar-refractivity contribution in [3.05, 3.63) is 35.4 Å². The van der Waals surface area contributed by atoms with Crippen LogP contribution < -0.4 is 5.32 Å². The van der Waals surface area contributed by atoms with Gasteiger partial charge in [-0.1, -0.05) is 37.6 Å². The van der Waals surface area contributed by atoms with Gasteiger partial charge in [0.05, 0.1) is 6.42 Å². The molecule has 0 heterocycles. The maximum Gasteiger partial charge on any atom is 0.307 e. The smallest absolute Gasteiger partial charge is 0.307 e. The second kappa shape index (κ2) is 6.01. The summed E-state index contributed by atoms with van der Waals surface area (Å²) >= 11 is 0. The Bertz CT molecular complexity index is 417.